The van der Waals surface area contributed by atoms with E-state index in [0.29, 0.717) is 23.0 Å². The second-order valence-electron chi connectivity index (χ2n) is 7.94. The number of rotatable bonds is 5. The van der Waals surface area contributed by atoms with E-state index in [0.717, 1.165) is 16.6 Å². The number of amides is 1. The topological polar surface area (TPSA) is 68.9 Å². The van der Waals surface area contributed by atoms with Crippen LogP contribution < -0.4 is 10.9 Å². The largest absolute Gasteiger partial charge is 0.343 e. The molecule has 1 atom stereocenters. The summed E-state index contributed by atoms with van der Waals surface area (Å²) < 4.78 is 17.0. The van der Waals surface area contributed by atoms with E-state index in [-0.39, 0.29) is 17.3 Å². The number of hydrogen-bond donors (Lipinski definition) is 1. The molecule has 2 heterocycles. The number of pyridine rings is 1. The molecule has 0 saturated carbocycles. The molecule has 33 heavy (non-hydrogen) atoms. The summed E-state index contributed by atoms with van der Waals surface area (Å²) in [5, 5.41) is 3.74. The van der Waals surface area contributed by atoms with Crippen molar-refractivity contribution in [3.05, 3.63) is 112 Å². The van der Waals surface area contributed by atoms with Gasteiger partial charge in [0.15, 0.2) is 0 Å². The first-order valence-corrected chi connectivity index (χ1v) is 10.6. The molecule has 6 nitrogen and oxygen atoms in total. The van der Waals surface area contributed by atoms with Crippen LogP contribution in [-0.4, -0.2) is 20.0 Å². The Hall–Kier alpha value is -4.26. The van der Waals surface area contributed by atoms with E-state index in [1.807, 2.05) is 53.1 Å². The number of nitrogens with one attached hydrogen (secondary N) is 1. The van der Waals surface area contributed by atoms with E-state index in [2.05, 4.69) is 10.3 Å². The zero-order valence-corrected chi connectivity index (χ0v) is 17.9. The van der Waals surface area contributed by atoms with Crippen LogP contribution in [0.2, 0.25) is 0 Å². The molecule has 5 rings (SSSR count). The number of hydrogen-bond acceptors (Lipinski definition) is 3. The van der Waals surface area contributed by atoms with Gasteiger partial charge in [0.25, 0.3) is 11.5 Å². The molecule has 0 radical (unpaired) electrons. The molecule has 0 saturated heterocycles. The van der Waals surface area contributed by atoms with Gasteiger partial charge in [0.2, 0.25) is 0 Å². The van der Waals surface area contributed by atoms with Crippen LogP contribution in [0.15, 0.2) is 90.0 Å². The molecule has 0 fully saturated rings. The van der Waals surface area contributed by atoms with Crippen LogP contribution in [0.4, 0.5) is 4.39 Å². The van der Waals surface area contributed by atoms with E-state index >= 15 is 0 Å². The summed E-state index contributed by atoms with van der Waals surface area (Å²) in [6.07, 6.45) is 1.72. The summed E-state index contributed by atoms with van der Waals surface area (Å²) in [6, 6.07) is 21.9. The highest BCUT2D eigenvalue weighted by Gasteiger charge is 2.20. The average Bonchev–Trinajstić information content (AvgIpc) is 3.24. The maximum atomic E-state index is 13.6. The van der Waals surface area contributed by atoms with Crippen LogP contribution in [-0.2, 0) is 13.6 Å². The molecule has 1 unspecified atom stereocenters. The zero-order chi connectivity index (χ0) is 22.9. The van der Waals surface area contributed by atoms with Gasteiger partial charge in [-0.05, 0) is 35.9 Å². The second kappa shape index (κ2) is 8.35. The summed E-state index contributed by atoms with van der Waals surface area (Å²) in [5.41, 5.74) is 3.23. The number of aryl methyl sites for hydroxylation is 1. The van der Waals surface area contributed by atoms with Crippen LogP contribution in [0.1, 0.15) is 22.0 Å². The molecule has 5 aromatic rings. The minimum atomic E-state index is -0.474. The van der Waals surface area contributed by atoms with Gasteiger partial charge in [0.05, 0.1) is 34.5 Å². The molecule has 2 aromatic heterocycles. The lowest BCUT2D eigenvalue weighted by Gasteiger charge is -2.21. The van der Waals surface area contributed by atoms with E-state index in [1.54, 1.807) is 25.5 Å². The molecule has 0 aliphatic heterocycles. The predicted octanol–water partition coefficient (Wildman–Crippen LogP) is 4.20. The van der Waals surface area contributed by atoms with Gasteiger partial charge >= 0.3 is 0 Å². The summed E-state index contributed by atoms with van der Waals surface area (Å²) >= 11 is 0. The van der Waals surface area contributed by atoms with Crippen molar-refractivity contribution >= 4 is 27.8 Å². The molecule has 1 amide bonds. The van der Waals surface area contributed by atoms with Crippen molar-refractivity contribution < 1.29 is 9.18 Å². The fraction of sp³-hybridized carbons (Fsp3) is 0.115. The molecule has 164 valence electrons. The van der Waals surface area contributed by atoms with Gasteiger partial charge in [-0.25, -0.2) is 9.37 Å². The first-order chi connectivity index (χ1) is 16.0. The highest BCUT2D eigenvalue weighted by Crippen LogP contribution is 2.22. The monoisotopic (exact) mass is 440 g/mol. The van der Waals surface area contributed by atoms with Gasteiger partial charge in [-0.1, -0.05) is 42.5 Å². The minimum Gasteiger partial charge on any atom is -0.343 e. The second-order valence-corrected chi connectivity index (χ2v) is 7.94. The third kappa shape index (κ3) is 3.89. The average molecular weight is 440 g/mol. The number of carbonyl (C=O) groups is 1. The Bertz CT molecular complexity index is 1540. The van der Waals surface area contributed by atoms with Crippen molar-refractivity contribution in [3.63, 3.8) is 0 Å². The van der Waals surface area contributed by atoms with Gasteiger partial charge in [0, 0.05) is 25.0 Å². The van der Waals surface area contributed by atoms with E-state index in [4.69, 9.17) is 0 Å². The summed E-state index contributed by atoms with van der Waals surface area (Å²) in [6.45, 7) is 0.390. The van der Waals surface area contributed by atoms with Crippen molar-refractivity contribution in [1.29, 1.82) is 0 Å². The Morgan fingerprint density at radius 2 is 1.70 bits per heavy atom. The number of benzene rings is 3. The Labute approximate surface area is 188 Å². The lowest BCUT2D eigenvalue weighted by molar-refractivity contribution is 0.0934. The molecular formula is C26H21FN4O2. The Kier molecular flexibility index (Phi) is 5.22. The van der Waals surface area contributed by atoms with Crippen molar-refractivity contribution in [3.8, 4) is 0 Å². The normalized spacial score (nSPS) is 12.2. The molecule has 1 N–H and O–H groups in total. The lowest BCUT2D eigenvalue weighted by Crippen LogP contribution is -2.32. The number of carbonyl (C=O) groups excluding carboxylic acids is 1. The van der Waals surface area contributed by atoms with Gasteiger partial charge < -0.3 is 14.5 Å². The standard InChI is InChI=1S/C26H21FN4O2/c1-30-23-8-4-2-6-19(23)20(14-25(30)32)26(33)29-22(17-10-12-18(27)13-11-17)15-31-16-28-21-7-3-5-9-24(21)31/h2-14,16,22H,15H2,1H3,(H,29,33). The molecular weight excluding hydrogens is 419 g/mol. The molecule has 0 spiro atoms. The predicted molar refractivity (Wildman–Crippen MR) is 126 cm³/mol. The maximum Gasteiger partial charge on any atom is 0.252 e. The third-order valence-electron chi connectivity index (χ3n) is 5.88. The van der Waals surface area contributed by atoms with E-state index < -0.39 is 6.04 Å². The Morgan fingerprint density at radius 1 is 1.00 bits per heavy atom. The molecule has 0 aliphatic carbocycles. The molecule has 0 bridgehead atoms. The molecule has 7 heteroatoms. The smallest absolute Gasteiger partial charge is 0.252 e. The van der Waals surface area contributed by atoms with Gasteiger partial charge in [-0.3, -0.25) is 9.59 Å². The highest BCUT2D eigenvalue weighted by molar-refractivity contribution is 6.06. The van der Waals surface area contributed by atoms with Crippen LogP contribution in [0.25, 0.3) is 21.9 Å². The van der Waals surface area contributed by atoms with Crippen molar-refractivity contribution in [2.24, 2.45) is 7.05 Å². The maximum absolute atomic E-state index is 13.6. The van der Waals surface area contributed by atoms with Crippen molar-refractivity contribution in [2.45, 2.75) is 12.6 Å². The number of imidazole rings is 1. The number of para-hydroxylation sites is 3. The quantitative estimate of drug-likeness (QED) is 0.445. The van der Waals surface area contributed by atoms with Crippen molar-refractivity contribution in [1.82, 2.24) is 19.4 Å². The first kappa shape index (κ1) is 20.6. The highest BCUT2D eigenvalue weighted by atomic mass is 19.1. The lowest BCUT2D eigenvalue weighted by atomic mass is 10.0. The Morgan fingerprint density at radius 3 is 2.48 bits per heavy atom. The number of halogens is 1. The number of fused-ring (bicyclic) bond motifs is 2. The third-order valence-corrected chi connectivity index (χ3v) is 5.88. The summed E-state index contributed by atoms with van der Waals surface area (Å²) in [4.78, 5) is 30.3. The van der Waals surface area contributed by atoms with E-state index in [9.17, 15) is 14.0 Å². The van der Waals surface area contributed by atoms with Crippen LogP contribution >= 0.6 is 0 Å². The first-order valence-electron chi connectivity index (χ1n) is 10.6. The molecule has 0 aliphatic rings. The zero-order valence-electron chi connectivity index (χ0n) is 17.9. The summed E-state index contributed by atoms with van der Waals surface area (Å²) in [5.74, 6) is -0.725. The number of aromatic nitrogens is 3. The SMILES string of the molecule is Cn1c(=O)cc(C(=O)NC(Cn2cnc3ccccc32)c2ccc(F)cc2)c2ccccc21. The van der Waals surface area contributed by atoms with Crippen LogP contribution in [0.5, 0.6) is 0 Å². The Balaban J connectivity index is 1.54. The summed E-state index contributed by atoms with van der Waals surface area (Å²) in [7, 11) is 1.68. The van der Waals surface area contributed by atoms with Gasteiger partial charge in [-0.2, -0.15) is 0 Å². The van der Waals surface area contributed by atoms with Crippen LogP contribution in [0, 0.1) is 5.82 Å². The number of nitrogens with zero attached hydrogens (tertiary/aromatic N) is 3. The fourth-order valence-corrected chi connectivity index (χ4v) is 4.12. The van der Waals surface area contributed by atoms with Crippen molar-refractivity contribution in [2.75, 3.05) is 0 Å². The minimum absolute atomic E-state index is 0.266. The van der Waals surface area contributed by atoms with Gasteiger partial charge in [-0.15, -0.1) is 0 Å². The fourth-order valence-electron chi connectivity index (χ4n) is 4.12. The van der Waals surface area contributed by atoms with Crippen LogP contribution in [0.3, 0.4) is 0 Å². The van der Waals surface area contributed by atoms with E-state index in [1.165, 1.54) is 22.8 Å². The van der Waals surface area contributed by atoms with Gasteiger partial charge in [0.1, 0.15) is 5.82 Å². The molecule has 3 aromatic carbocycles.